The number of nitrogens with one attached hydrogen (secondary N) is 1. The first-order chi connectivity index (χ1) is 10.8. The average Bonchev–Trinajstić information content (AvgIpc) is 2.56. The first-order valence-corrected chi connectivity index (χ1v) is 8.34. The van der Waals surface area contributed by atoms with Crippen LogP contribution in [0.1, 0.15) is 31.7 Å². The molecule has 1 heterocycles. The van der Waals surface area contributed by atoms with Crippen LogP contribution in [0.25, 0.3) is 0 Å². The molecule has 0 bridgehead atoms. The van der Waals surface area contributed by atoms with Crippen LogP contribution < -0.4 is 5.32 Å². The summed E-state index contributed by atoms with van der Waals surface area (Å²) >= 11 is 0. The van der Waals surface area contributed by atoms with Gasteiger partial charge in [0, 0.05) is 33.3 Å². The SMILES string of the molecule is CCOCCNC(=NC)N1CCC(c2ccccc2)C(C)C1.I. The summed E-state index contributed by atoms with van der Waals surface area (Å²) in [6.45, 7) is 8.77. The highest BCUT2D eigenvalue weighted by Crippen LogP contribution is 2.32. The number of rotatable bonds is 5. The summed E-state index contributed by atoms with van der Waals surface area (Å²) < 4.78 is 5.38. The van der Waals surface area contributed by atoms with Gasteiger partial charge < -0.3 is 15.0 Å². The molecule has 0 spiro atoms. The van der Waals surface area contributed by atoms with E-state index in [2.05, 4.69) is 52.5 Å². The van der Waals surface area contributed by atoms with Crippen molar-refractivity contribution in [1.29, 1.82) is 0 Å². The minimum absolute atomic E-state index is 0. The first kappa shape index (κ1) is 20.2. The van der Waals surface area contributed by atoms with Gasteiger partial charge in [-0.05, 0) is 30.7 Å². The van der Waals surface area contributed by atoms with Crippen LogP contribution in [0.4, 0.5) is 0 Å². The van der Waals surface area contributed by atoms with E-state index in [1.807, 2.05) is 14.0 Å². The van der Waals surface area contributed by atoms with Crippen LogP contribution >= 0.6 is 24.0 Å². The lowest BCUT2D eigenvalue weighted by atomic mass is 9.82. The van der Waals surface area contributed by atoms with Crippen LogP contribution in [0.2, 0.25) is 0 Å². The molecule has 1 aromatic rings. The monoisotopic (exact) mass is 431 g/mol. The minimum Gasteiger partial charge on any atom is -0.380 e. The molecule has 1 fully saturated rings. The fraction of sp³-hybridized carbons (Fsp3) is 0.611. The summed E-state index contributed by atoms with van der Waals surface area (Å²) in [4.78, 5) is 6.79. The number of ether oxygens (including phenoxy) is 1. The van der Waals surface area contributed by atoms with E-state index in [0.717, 1.165) is 38.8 Å². The van der Waals surface area contributed by atoms with Crippen molar-refractivity contribution in [2.75, 3.05) is 39.9 Å². The van der Waals surface area contributed by atoms with Crippen LogP contribution in [0.3, 0.4) is 0 Å². The molecule has 1 aromatic carbocycles. The number of benzene rings is 1. The number of hydrogen-bond acceptors (Lipinski definition) is 2. The van der Waals surface area contributed by atoms with E-state index in [1.54, 1.807) is 0 Å². The third kappa shape index (κ3) is 5.95. The van der Waals surface area contributed by atoms with Crippen molar-refractivity contribution in [3.05, 3.63) is 35.9 Å². The van der Waals surface area contributed by atoms with Crippen molar-refractivity contribution in [3.8, 4) is 0 Å². The average molecular weight is 431 g/mol. The Morgan fingerprint density at radius 1 is 1.35 bits per heavy atom. The number of likely N-dealkylation sites (tertiary alicyclic amines) is 1. The Balaban J connectivity index is 0.00000264. The highest BCUT2D eigenvalue weighted by molar-refractivity contribution is 14.0. The number of nitrogens with zero attached hydrogens (tertiary/aromatic N) is 2. The second-order valence-corrected chi connectivity index (χ2v) is 5.90. The standard InChI is InChI=1S/C18H29N3O.HI/c1-4-22-13-11-20-18(19-3)21-12-10-17(15(2)14-21)16-8-6-5-7-9-16;/h5-9,15,17H,4,10-14H2,1-3H3,(H,19,20);1H. The number of aliphatic imine (C=N–C) groups is 1. The molecule has 4 nitrogen and oxygen atoms in total. The van der Waals surface area contributed by atoms with Crippen LogP contribution in [0.15, 0.2) is 35.3 Å². The molecule has 0 aliphatic carbocycles. The molecule has 1 aliphatic heterocycles. The quantitative estimate of drug-likeness (QED) is 0.336. The Bertz CT molecular complexity index is 467. The van der Waals surface area contributed by atoms with Gasteiger partial charge in [0.05, 0.1) is 6.61 Å². The van der Waals surface area contributed by atoms with Gasteiger partial charge in [-0.25, -0.2) is 0 Å². The molecule has 0 radical (unpaired) electrons. The van der Waals surface area contributed by atoms with E-state index in [9.17, 15) is 0 Å². The third-order valence-corrected chi connectivity index (χ3v) is 4.38. The second-order valence-electron chi connectivity index (χ2n) is 5.90. The van der Waals surface area contributed by atoms with Gasteiger partial charge in [0.15, 0.2) is 5.96 Å². The Kier molecular flexibility index (Phi) is 9.55. The fourth-order valence-corrected chi connectivity index (χ4v) is 3.25. The molecule has 23 heavy (non-hydrogen) atoms. The zero-order chi connectivity index (χ0) is 15.8. The van der Waals surface area contributed by atoms with Gasteiger partial charge in [-0.15, -0.1) is 24.0 Å². The van der Waals surface area contributed by atoms with E-state index in [0.29, 0.717) is 11.8 Å². The highest BCUT2D eigenvalue weighted by atomic mass is 127. The number of guanidine groups is 1. The maximum Gasteiger partial charge on any atom is 0.193 e. The van der Waals surface area contributed by atoms with E-state index in [1.165, 1.54) is 12.0 Å². The number of hydrogen-bond donors (Lipinski definition) is 1. The molecule has 2 atom stereocenters. The van der Waals surface area contributed by atoms with Gasteiger partial charge in [-0.3, -0.25) is 4.99 Å². The zero-order valence-corrected chi connectivity index (χ0v) is 16.8. The predicted octanol–water partition coefficient (Wildman–Crippen LogP) is 3.34. The van der Waals surface area contributed by atoms with Crippen LogP contribution in [0, 0.1) is 5.92 Å². The van der Waals surface area contributed by atoms with Gasteiger partial charge >= 0.3 is 0 Å². The Morgan fingerprint density at radius 2 is 2.09 bits per heavy atom. The summed E-state index contributed by atoms with van der Waals surface area (Å²) in [6.07, 6.45) is 1.18. The topological polar surface area (TPSA) is 36.9 Å². The Morgan fingerprint density at radius 3 is 2.70 bits per heavy atom. The number of piperidine rings is 1. The molecule has 2 rings (SSSR count). The lowest BCUT2D eigenvalue weighted by Crippen LogP contribution is -2.48. The summed E-state index contributed by atoms with van der Waals surface area (Å²) in [5.41, 5.74) is 1.47. The van der Waals surface area contributed by atoms with E-state index in [-0.39, 0.29) is 24.0 Å². The van der Waals surface area contributed by atoms with Gasteiger partial charge in [0.1, 0.15) is 0 Å². The van der Waals surface area contributed by atoms with Gasteiger partial charge in [0.25, 0.3) is 0 Å². The minimum atomic E-state index is 0. The van der Waals surface area contributed by atoms with Crippen molar-refractivity contribution in [2.24, 2.45) is 10.9 Å². The second kappa shape index (κ2) is 10.9. The Labute approximate surface area is 157 Å². The summed E-state index contributed by atoms with van der Waals surface area (Å²) in [7, 11) is 1.86. The molecular formula is C18H30IN3O. The molecule has 0 saturated carbocycles. The van der Waals surface area contributed by atoms with Gasteiger partial charge in [0.2, 0.25) is 0 Å². The molecule has 0 amide bonds. The molecular weight excluding hydrogens is 401 g/mol. The predicted molar refractivity (Wildman–Crippen MR) is 108 cm³/mol. The van der Waals surface area contributed by atoms with Crippen molar-refractivity contribution in [3.63, 3.8) is 0 Å². The van der Waals surface area contributed by atoms with E-state index in [4.69, 9.17) is 4.74 Å². The van der Waals surface area contributed by atoms with Crippen LogP contribution in [-0.2, 0) is 4.74 Å². The molecule has 130 valence electrons. The summed E-state index contributed by atoms with van der Waals surface area (Å²) in [6, 6.07) is 10.9. The zero-order valence-electron chi connectivity index (χ0n) is 14.5. The van der Waals surface area contributed by atoms with Crippen LogP contribution in [-0.4, -0.2) is 50.8 Å². The maximum atomic E-state index is 5.38. The van der Waals surface area contributed by atoms with Crippen molar-refractivity contribution < 1.29 is 4.74 Å². The van der Waals surface area contributed by atoms with E-state index < -0.39 is 0 Å². The van der Waals surface area contributed by atoms with Crippen LogP contribution in [0.5, 0.6) is 0 Å². The van der Waals surface area contributed by atoms with E-state index >= 15 is 0 Å². The van der Waals surface area contributed by atoms with Gasteiger partial charge in [-0.1, -0.05) is 37.3 Å². The molecule has 1 N–H and O–H groups in total. The van der Waals surface area contributed by atoms with Crippen molar-refractivity contribution in [2.45, 2.75) is 26.2 Å². The molecule has 0 aromatic heterocycles. The highest BCUT2D eigenvalue weighted by Gasteiger charge is 2.28. The lowest BCUT2D eigenvalue weighted by molar-refractivity contribution is 0.151. The third-order valence-electron chi connectivity index (χ3n) is 4.38. The molecule has 2 unspecified atom stereocenters. The van der Waals surface area contributed by atoms with Crippen molar-refractivity contribution in [1.82, 2.24) is 10.2 Å². The Hall–Kier alpha value is -0.820. The lowest BCUT2D eigenvalue weighted by Gasteiger charge is -2.38. The molecule has 1 saturated heterocycles. The molecule has 5 heteroatoms. The normalized spacial score (nSPS) is 21.7. The first-order valence-electron chi connectivity index (χ1n) is 8.34. The largest absolute Gasteiger partial charge is 0.380 e. The fourth-order valence-electron chi connectivity index (χ4n) is 3.25. The number of halogens is 1. The molecule has 1 aliphatic rings. The summed E-state index contributed by atoms with van der Waals surface area (Å²) in [5, 5.41) is 3.40. The van der Waals surface area contributed by atoms with Gasteiger partial charge in [-0.2, -0.15) is 0 Å². The summed E-state index contributed by atoms with van der Waals surface area (Å²) in [5.74, 6) is 2.28. The maximum absolute atomic E-state index is 5.38. The van der Waals surface area contributed by atoms with Crippen molar-refractivity contribution >= 4 is 29.9 Å². The smallest absolute Gasteiger partial charge is 0.193 e.